The van der Waals surface area contributed by atoms with Gasteiger partial charge in [-0.3, -0.25) is 19.0 Å². The molecule has 0 spiro atoms. The lowest BCUT2D eigenvalue weighted by molar-refractivity contribution is 0.0936. The first kappa shape index (κ1) is 12.0. The van der Waals surface area contributed by atoms with Crippen molar-refractivity contribution >= 4 is 28.6 Å². The van der Waals surface area contributed by atoms with Gasteiger partial charge in [-0.05, 0) is 0 Å². The van der Waals surface area contributed by atoms with Crippen LogP contribution < -0.4 is 0 Å². The molecule has 0 amide bonds. The van der Waals surface area contributed by atoms with Crippen molar-refractivity contribution in [3.8, 4) is 0 Å². The molecule has 0 aliphatic carbocycles. The lowest BCUT2D eigenvalue weighted by Crippen LogP contribution is -2.11. The van der Waals surface area contributed by atoms with E-state index in [2.05, 4.69) is 15.0 Å². The summed E-state index contributed by atoms with van der Waals surface area (Å²) in [5.74, 6) is -1.12. The molecule has 0 N–H and O–H groups in total. The molecule has 2 rings (SSSR count). The maximum atomic E-state index is 11.5. The van der Waals surface area contributed by atoms with Gasteiger partial charge in [0.25, 0.3) is 0 Å². The van der Waals surface area contributed by atoms with Crippen LogP contribution in [-0.2, 0) is 0 Å². The highest BCUT2D eigenvalue weighted by molar-refractivity contribution is 6.05. The Morgan fingerprint density at radius 2 is 1.72 bits per heavy atom. The lowest BCUT2D eigenvalue weighted by atomic mass is 10.2. The molecule has 0 saturated heterocycles. The Hall–Kier alpha value is -2.44. The second kappa shape index (κ2) is 4.10. The number of carbonyl (C=O) groups excluding carboxylic acids is 3. The number of ketones is 2. The summed E-state index contributed by atoms with van der Waals surface area (Å²) in [4.78, 5) is 46.0. The topological polar surface area (TPSA) is 94.8 Å². The summed E-state index contributed by atoms with van der Waals surface area (Å²) in [6.45, 7) is 3.95. The third kappa shape index (κ3) is 1.79. The van der Waals surface area contributed by atoms with Gasteiger partial charge in [-0.25, -0.2) is 15.0 Å². The zero-order chi connectivity index (χ0) is 13.4. The summed E-state index contributed by atoms with van der Waals surface area (Å²) >= 11 is 0. The monoisotopic (exact) mass is 246 g/mol. The molecule has 0 bridgehead atoms. The van der Waals surface area contributed by atoms with Crippen LogP contribution in [0.2, 0.25) is 0 Å². The minimum absolute atomic E-state index is 0.0465. The van der Waals surface area contributed by atoms with Crippen LogP contribution in [0.15, 0.2) is 6.33 Å². The van der Waals surface area contributed by atoms with E-state index in [1.165, 1.54) is 31.7 Å². The van der Waals surface area contributed by atoms with Gasteiger partial charge in [-0.2, -0.15) is 0 Å². The number of carbonyl (C=O) groups is 3. The van der Waals surface area contributed by atoms with Gasteiger partial charge in [0, 0.05) is 20.8 Å². The zero-order valence-electron chi connectivity index (χ0n) is 10.1. The summed E-state index contributed by atoms with van der Waals surface area (Å²) in [6, 6.07) is 0. The molecule has 0 aliphatic heterocycles. The number of hydrogen-bond donors (Lipinski definition) is 0. The summed E-state index contributed by atoms with van der Waals surface area (Å²) in [7, 11) is 0. The molecule has 2 heterocycles. The maximum absolute atomic E-state index is 11.5. The van der Waals surface area contributed by atoms with Crippen LogP contribution in [0.4, 0.5) is 0 Å². The number of imidazole rings is 1. The van der Waals surface area contributed by atoms with Crippen LogP contribution in [0.3, 0.4) is 0 Å². The van der Waals surface area contributed by atoms with Gasteiger partial charge >= 0.3 is 0 Å². The van der Waals surface area contributed by atoms with Gasteiger partial charge < -0.3 is 0 Å². The Bertz CT molecular complexity index is 687. The van der Waals surface area contributed by atoms with Crippen molar-refractivity contribution in [3.05, 3.63) is 17.8 Å². The van der Waals surface area contributed by atoms with Gasteiger partial charge in [0.2, 0.25) is 5.91 Å². The second-order valence-electron chi connectivity index (χ2n) is 3.81. The molecule has 0 aromatic carbocycles. The summed E-state index contributed by atoms with van der Waals surface area (Å²) in [6.07, 6.45) is 1.26. The minimum Gasteiger partial charge on any atom is -0.293 e. The highest BCUT2D eigenvalue weighted by Gasteiger charge is 2.19. The average molecular weight is 246 g/mol. The fourth-order valence-corrected chi connectivity index (χ4v) is 1.53. The number of fused-ring (bicyclic) bond motifs is 1. The molecule has 92 valence electrons. The second-order valence-corrected chi connectivity index (χ2v) is 3.81. The van der Waals surface area contributed by atoms with E-state index >= 15 is 0 Å². The van der Waals surface area contributed by atoms with Gasteiger partial charge in [-0.1, -0.05) is 0 Å². The molecule has 0 fully saturated rings. The Kier molecular flexibility index (Phi) is 2.74. The molecule has 0 atom stereocenters. The van der Waals surface area contributed by atoms with E-state index < -0.39 is 0 Å². The molecule has 0 radical (unpaired) electrons. The number of rotatable bonds is 2. The van der Waals surface area contributed by atoms with E-state index in [0.717, 1.165) is 0 Å². The van der Waals surface area contributed by atoms with Crippen LogP contribution in [0.1, 0.15) is 46.7 Å². The smallest absolute Gasteiger partial charge is 0.230 e. The molecule has 0 aliphatic rings. The molecular weight excluding hydrogens is 236 g/mol. The Morgan fingerprint density at radius 3 is 2.22 bits per heavy atom. The third-order valence-corrected chi connectivity index (χ3v) is 2.38. The largest absolute Gasteiger partial charge is 0.293 e. The van der Waals surface area contributed by atoms with Crippen LogP contribution in [0.25, 0.3) is 11.2 Å². The average Bonchev–Trinajstić information content (AvgIpc) is 2.70. The first-order valence-electron chi connectivity index (χ1n) is 5.19. The molecule has 0 unspecified atom stereocenters. The van der Waals surface area contributed by atoms with Crippen LogP contribution >= 0.6 is 0 Å². The zero-order valence-corrected chi connectivity index (χ0v) is 10.1. The van der Waals surface area contributed by atoms with Crippen molar-refractivity contribution in [2.45, 2.75) is 20.8 Å². The van der Waals surface area contributed by atoms with E-state index in [1.54, 1.807) is 0 Å². The van der Waals surface area contributed by atoms with Crippen molar-refractivity contribution in [2.75, 3.05) is 0 Å². The van der Waals surface area contributed by atoms with Crippen LogP contribution in [-0.4, -0.2) is 37.0 Å². The van der Waals surface area contributed by atoms with Gasteiger partial charge in [0.05, 0.1) is 0 Å². The highest BCUT2D eigenvalue weighted by atomic mass is 16.2. The van der Waals surface area contributed by atoms with E-state index in [-0.39, 0.29) is 40.2 Å². The van der Waals surface area contributed by atoms with E-state index in [4.69, 9.17) is 0 Å². The summed E-state index contributed by atoms with van der Waals surface area (Å²) in [5.41, 5.74) is 0.445. The lowest BCUT2D eigenvalue weighted by Gasteiger charge is -2.01. The number of aromatic nitrogens is 4. The molecule has 0 saturated carbocycles. The molecule has 2 aromatic rings. The van der Waals surface area contributed by atoms with E-state index in [0.29, 0.717) is 0 Å². The predicted octanol–water partition coefficient (Wildman–Crippen LogP) is 0.892. The number of Topliss-reactive ketones (excluding diaryl/α,β-unsaturated/α-hetero) is 2. The summed E-state index contributed by atoms with van der Waals surface area (Å²) in [5, 5.41) is 0. The van der Waals surface area contributed by atoms with Crippen LogP contribution in [0, 0.1) is 0 Å². The first-order chi connectivity index (χ1) is 8.41. The minimum atomic E-state index is -0.379. The quantitative estimate of drug-likeness (QED) is 0.730. The van der Waals surface area contributed by atoms with E-state index in [9.17, 15) is 14.4 Å². The predicted molar refractivity (Wildman–Crippen MR) is 61.6 cm³/mol. The van der Waals surface area contributed by atoms with Crippen molar-refractivity contribution < 1.29 is 14.4 Å². The first-order valence-corrected chi connectivity index (χ1v) is 5.19. The van der Waals surface area contributed by atoms with Crippen molar-refractivity contribution in [2.24, 2.45) is 0 Å². The highest BCUT2D eigenvalue weighted by Crippen LogP contribution is 2.15. The number of nitrogens with zero attached hydrogens (tertiary/aromatic N) is 4. The van der Waals surface area contributed by atoms with Crippen LogP contribution in [0.5, 0.6) is 0 Å². The van der Waals surface area contributed by atoms with E-state index in [1.807, 2.05) is 0 Å². The fraction of sp³-hybridized carbons (Fsp3) is 0.273. The maximum Gasteiger partial charge on any atom is 0.230 e. The molecule has 7 heteroatoms. The Labute approximate surface area is 102 Å². The van der Waals surface area contributed by atoms with Crippen molar-refractivity contribution in [1.29, 1.82) is 0 Å². The Morgan fingerprint density at radius 1 is 1.06 bits per heavy atom. The normalized spacial score (nSPS) is 10.6. The Balaban J connectivity index is 2.88. The molecule has 2 aromatic heterocycles. The molecule has 18 heavy (non-hydrogen) atoms. The summed E-state index contributed by atoms with van der Waals surface area (Å²) < 4.78 is 1.18. The van der Waals surface area contributed by atoms with Crippen molar-refractivity contribution in [3.63, 3.8) is 0 Å². The van der Waals surface area contributed by atoms with Crippen molar-refractivity contribution in [1.82, 2.24) is 19.5 Å². The van der Waals surface area contributed by atoms with Gasteiger partial charge in [-0.15, -0.1) is 0 Å². The molecule has 7 nitrogen and oxygen atoms in total. The van der Waals surface area contributed by atoms with Gasteiger partial charge in [0.15, 0.2) is 23.0 Å². The third-order valence-electron chi connectivity index (χ3n) is 2.38. The fourth-order valence-electron chi connectivity index (χ4n) is 1.53. The SMILES string of the molecule is CC(=O)c1nc(C(C)=O)c2ncn(C(C)=O)c2n1. The molecular formula is C11H10N4O3. The van der Waals surface area contributed by atoms with Gasteiger partial charge in [0.1, 0.15) is 17.5 Å². The standard InChI is InChI=1S/C11H10N4O3/c1-5(16)8-9-11(14-10(13-8)6(2)17)15(4-12-9)7(3)18/h4H,1-3H3. The number of hydrogen-bond acceptors (Lipinski definition) is 6.